The first-order valence-electron chi connectivity index (χ1n) is 7.40. The summed E-state index contributed by atoms with van der Waals surface area (Å²) in [5, 5.41) is 1.08. The Kier molecular flexibility index (Phi) is 3.51. The van der Waals surface area contributed by atoms with Crippen LogP contribution in [0.3, 0.4) is 0 Å². The van der Waals surface area contributed by atoms with Crippen LogP contribution in [0.1, 0.15) is 36.0 Å². The Labute approximate surface area is 119 Å². The molecule has 1 aliphatic heterocycles. The van der Waals surface area contributed by atoms with Crippen LogP contribution in [-0.2, 0) is 11.2 Å². The predicted octanol–water partition coefficient (Wildman–Crippen LogP) is 3.60. The molecule has 0 radical (unpaired) electrons. The number of aryl methyl sites for hydroxylation is 2. The Morgan fingerprint density at radius 3 is 2.60 bits per heavy atom. The summed E-state index contributed by atoms with van der Waals surface area (Å²) in [5.41, 5.74) is 4.36. The molecule has 0 aliphatic carbocycles. The highest BCUT2D eigenvalue weighted by Crippen LogP contribution is 2.25. The van der Waals surface area contributed by atoms with E-state index in [-0.39, 0.29) is 5.91 Å². The van der Waals surface area contributed by atoms with Crippen molar-refractivity contribution in [1.82, 2.24) is 4.90 Å². The molecule has 1 amide bonds. The number of nitrogens with zero attached hydrogens (tertiary/aromatic N) is 1. The summed E-state index contributed by atoms with van der Waals surface area (Å²) >= 11 is 0. The van der Waals surface area contributed by atoms with Crippen LogP contribution in [0.2, 0.25) is 0 Å². The van der Waals surface area contributed by atoms with Gasteiger partial charge in [-0.05, 0) is 56.4 Å². The average Bonchev–Trinajstić information content (AvgIpc) is 2.83. The summed E-state index contributed by atoms with van der Waals surface area (Å²) in [6.45, 7) is 5.99. The summed E-state index contributed by atoms with van der Waals surface area (Å²) in [5.74, 6) is 0.227. The van der Waals surface area contributed by atoms with Crippen LogP contribution in [-0.4, -0.2) is 23.9 Å². The van der Waals surface area contributed by atoms with Crippen LogP contribution < -0.4 is 0 Å². The van der Waals surface area contributed by atoms with Gasteiger partial charge < -0.3 is 9.32 Å². The monoisotopic (exact) mass is 271 g/mol. The van der Waals surface area contributed by atoms with Gasteiger partial charge in [0.1, 0.15) is 5.58 Å². The van der Waals surface area contributed by atoms with Crippen molar-refractivity contribution in [3.05, 3.63) is 35.1 Å². The molecule has 20 heavy (non-hydrogen) atoms. The minimum Gasteiger partial charge on any atom is -0.464 e. The van der Waals surface area contributed by atoms with E-state index >= 15 is 0 Å². The van der Waals surface area contributed by atoms with Gasteiger partial charge in [0.25, 0.3) is 0 Å². The van der Waals surface area contributed by atoms with E-state index in [1.165, 1.54) is 17.5 Å². The summed E-state index contributed by atoms with van der Waals surface area (Å²) < 4.78 is 5.60. The van der Waals surface area contributed by atoms with E-state index in [2.05, 4.69) is 26.0 Å². The molecule has 1 aromatic heterocycles. The minimum atomic E-state index is 0.227. The van der Waals surface area contributed by atoms with Crippen LogP contribution in [0.25, 0.3) is 11.0 Å². The fourth-order valence-electron chi connectivity index (χ4n) is 2.89. The van der Waals surface area contributed by atoms with Gasteiger partial charge in [0.2, 0.25) is 5.91 Å². The molecule has 0 bridgehead atoms. The zero-order chi connectivity index (χ0) is 14.1. The first kappa shape index (κ1) is 13.2. The molecule has 1 saturated heterocycles. The molecule has 3 heteroatoms. The summed E-state index contributed by atoms with van der Waals surface area (Å²) in [4.78, 5) is 14.3. The molecule has 3 rings (SSSR count). The molecule has 1 aliphatic rings. The molecule has 0 atom stereocenters. The van der Waals surface area contributed by atoms with Crippen LogP contribution in [0.15, 0.2) is 22.8 Å². The fourth-order valence-corrected chi connectivity index (χ4v) is 2.89. The number of rotatable bonds is 2. The van der Waals surface area contributed by atoms with Gasteiger partial charge in [0, 0.05) is 24.0 Å². The molecule has 0 spiro atoms. The van der Waals surface area contributed by atoms with Crippen molar-refractivity contribution >= 4 is 16.9 Å². The van der Waals surface area contributed by atoms with Gasteiger partial charge in [-0.15, -0.1) is 0 Å². The van der Waals surface area contributed by atoms with Crippen molar-refractivity contribution < 1.29 is 9.21 Å². The molecule has 106 valence electrons. The van der Waals surface area contributed by atoms with E-state index in [9.17, 15) is 4.79 Å². The summed E-state index contributed by atoms with van der Waals surface area (Å²) in [6, 6.07) is 4.19. The number of benzene rings is 1. The Morgan fingerprint density at radius 1 is 1.15 bits per heavy atom. The van der Waals surface area contributed by atoms with E-state index in [1.54, 1.807) is 6.26 Å². The number of hydrogen-bond acceptors (Lipinski definition) is 2. The van der Waals surface area contributed by atoms with E-state index in [0.29, 0.717) is 6.42 Å². The van der Waals surface area contributed by atoms with Crippen LogP contribution in [0, 0.1) is 13.8 Å². The SMILES string of the molecule is Cc1cc2occ(CC(=O)N3CCCCC3)c2cc1C. The van der Waals surface area contributed by atoms with E-state index in [1.807, 2.05) is 4.90 Å². The van der Waals surface area contributed by atoms with Crippen molar-refractivity contribution in [3.63, 3.8) is 0 Å². The molecule has 1 aromatic carbocycles. The predicted molar refractivity (Wildman–Crippen MR) is 79.8 cm³/mol. The van der Waals surface area contributed by atoms with E-state index in [4.69, 9.17) is 4.42 Å². The second kappa shape index (κ2) is 5.31. The maximum Gasteiger partial charge on any atom is 0.227 e. The highest BCUT2D eigenvalue weighted by atomic mass is 16.3. The zero-order valence-corrected chi connectivity index (χ0v) is 12.2. The maximum absolute atomic E-state index is 12.3. The van der Waals surface area contributed by atoms with Crippen molar-refractivity contribution in [2.75, 3.05) is 13.1 Å². The molecule has 2 aromatic rings. The Hall–Kier alpha value is -1.77. The normalized spacial score (nSPS) is 15.8. The fraction of sp³-hybridized carbons (Fsp3) is 0.471. The van der Waals surface area contributed by atoms with Gasteiger partial charge >= 0.3 is 0 Å². The van der Waals surface area contributed by atoms with Gasteiger partial charge in [-0.1, -0.05) is 0 Å². The second-order valence-corrected chi connectivity index (χ2v) is 5.81. The Morgan fingerprint density at radius 2 is 1.85 bits per heavy atom. The molecular formula is C17H21NO2. The lowest BCUT2D eigenvalue weighted by molar-refractivity contribution is -0.131. The van der Waals surface area contributed by atoms with Gasteiger partial charge in [0.05, 0.1) is 12.7 Å². The number of piperidine rings is 1. The van der Waals surface area contributed by atoms with Crippen LogP contribution >= 0.6 is 0 Å². The Balaban J connectivity index is 1.83. The minimum absolute atomic E-state index is 0.227. The molecular weight excluding hydrogens is 250 g/mol. The van der Waals surface area contributed by atoms with E-state index in [0.717, 1.165) is 42.5 Å². The lowest BCUT2D eigenvalue weighted by Crippen LogP contribution is -2.36. The lowest BCUT2D eigenvalue weighted by Gasteiger charge is -2.26. The molecule has 0 unspecified atom stereocenters. The molecule has 0 saturated carbocycles. The Bertz CT molecular complexity index is 636. The second-order valence-electron chi connectivity index (χ2n) is 5.81. The first-order valence-corrected chi connectivity index (χ1v) is 7.40. The number of hydrogen-bond donors (Lipinski definition) is 0. The number of likely N-dealkylation sites (tertiary alicyclic amines) is 1. The van der Waals surface area contributed by atoms with Gasteiger partial charge in [-0.2, -0.15) is 0 Å². The maximum atomic E-state index is 12.3. The van der Waals surface area contributed by atoms with Crippen molar-refractivity contribution in [1.29, 1.82) is 0 Å². The zero-order valence-electron chi connectivity index (χ0n) is 12.2. The van der Waals surface area contributed by atoms with Crippen molar-refractivity contribution in [2.24, 2.45) is 0 Å². The topological polar surface area (TPSA) is 33.5 Å². The smallest absolute Gasteiger partial charge is 0.227 e. The van der Waals surface area contributed by atoms with Gasteiger partial charge in [-0.25, -0.2) is 0 Å². The molecule has 1 fully saturated rings. The highest BCUT2D eigenvalue weighted by Gasteiger charge is 2.18. The summed E-state index contributed by atoms with van der Waals surface area (Å²) in [7, 11) is 0. The van der Waals surface area contributed by atoms with Crippen molar-refractivity contribution in [3.8, 4) is 0 Å². The summed E-state index contributed by atoms with van der Waals surface area (Å²) in [6.07, 6.45) is 5.71. The number of carbonyl (C=O) groups excluding carboxylic acids is 1. The molecule has 2 heterocycles. The lowest BCUT2D eigenvalue weighted by atomic mass is 10.0. The quantitative estimate of drug-likeness (QED) is 0.836. The average molecular weight is 271 g/mol. The number of fused-ring (bicyclic) bond motifs is 1. The third-order valence-electron chi connectivity index (χ3n) is 4.32. The van der Waals surface area contributed by atoms with E-state index < -0.39 is 0 Å². The van der Waals surface area contributed by atoms with Crippen LogP contribution in [0.5, 0.6) is 0 Å². The number of amides is 1. The molecule has 3 nitrogen and oxygen atoms in total. The number of furan rings is 1. The first-order chi connectivity index (χ1) is 9.65. The number of carbonyl (C=O) groups is 1. The van der Waals surface area contributed by atoms with Gasteiger partial charge in [-0.3, -0.25) is 4.79 Å². The van der Waals surface area contributed by atoms with Crippen molar-refractivity contribution in [2.45, 2.75) is 39.5 Å². The third kappa shape index (κ3) is 2.45. The van der Waals surface area contributed by atoms with Crippen LogP contribution in [0.4, 0.5) is 0 Å². The highest BCUT2D eigenvalue weighted by molar-refractivity contribution is 5.88. The third-order valence-corrected chi connectivity index (χ3v) is 4.32. The van der Waals surface area contributed by atoms with Gasteiger partial charge in [0.15, 0.2) is 0 Å². The standard InChI is InChI=1S/C17H21NO2/c1-12-8-15-14(11-20-16(15)9-13(12)2)10-17(19)18-6-4-3-5-7-18/h8-9,11H,3-7,10H2,1-2H3. The largest absolute Gasteiger partial charge is 0.464 e. The molecule has 0 N–H and O–H groups in total.